The van der Waals surface area contributed by atoms with Gasteiger partial charge >= 0.3 is 0 Å². The fourth-order valence-electron chi connectivity index (χ4n) is 2.47. The van der Waals surface area contributed by atoms with Crippen LogP contribution in [0.1, 0.15) is 44.6 Å². The third kappa shape index (κ3) is 3.47. The molecule has 2 unspecified atom stereocenters. The number of anilines is 1. The molecule has 1 aromatic rings. The molecule has 1 saturated carbocycles. The number of aryl methyl sites for hydroxylation is 1. The first-order valence-electron chi connectivity index (χ1n) is 6.83. The van der Waals surface area contributed by atoms with Crippen LogP contribution in [0.4, 0.5) is 5.69 Å². The Hall–Kier alpha value is -1.02. The summed E-state index contributed by atoms with van der Waals surface area (Å²) < 4.78 is 0. The topological polar surface area (TPSA) is 32.3 Å². The van der Waals surface area contributed by atoms with Crippen molar-refractivity contribution in [3.05, 3.63) is 29.8 Å². The van der Waals surface area contributed by atoms with E-state index >= 15 is 0 Å². The minimum atomic E-state index is -0.172. The van der Waals surface area contributed by atoms with Crippen LogP contribution >= 0.6 is 0 Å². The maximum absolute atomic E-state index is 9.76. The van der Waals surface area contributed by atoms with Gasteiger partial charge in [0.2, 0.25) is 0 Å². The first kappa shape index (κ1) is 12.4. The number of hydrogen-bond donors (Lipinski definition) is 2. The number of nitrogens with one attached hydrogen (secondary N) is 1. The Morgan fingerprint density at radius 3 is 2.59 bits per heavy atom. The predicted octanol–water partition coefficient (Wildman–Crippen LogP) is 3.35. The lowest BCUT2D eigenvalue weighted by molar-refractivity contribution is 0.172. The SMILES string of the molecule is CCCCc1ccc(NC2CCCC2O)cc1. The van der Waals surface area contributed by atoms with Gasteiger partial charge in [-0.2, -0.15) is 0 Å². The van der Waals surface area contributed by atoms with Crippen molar-refractivity contribution in [2.45, 2.75) is 57.6 Å². The summed E-state index contributed by atoms with van der Waals surface area (Å²) in [4.78, 5) is 0. The van der Waals surface area contributed by atoms with Crippen molar-refractivity contribution in [3.8, 4) is 0 Å². The van der Waals surface area contributed by atoms with Crippen LogP contribution in [-0.2, 0) is 6.42 Å². The third-order valence-corrected chi connectivity index (χ3v) is 3.60. The van der Waals surface area contributed by atoms with E-state index < -0.39 is 0 Å². The lowest BCUT2D eigenvalue weighted by Crippen LogP contribution is -2.27. The van der Waals surface area contributed by atoms with Gasteiger partial charge in [-0.05, 0) is 49.8 Å². The smallest absolute Gasteiger partial charge is 0.0741 e. The Morgan fingerprint density at radius 2 is 2.00 bits per heavy atom. The quantitative estimate of drug-likeness (QED) is 0.817. The lowest BCUT2D eigenvalue weighted by atomic mass is 10.1. The van der Waals surface area contributed by atoms with Gasteiger partial charge in [0, 0.05) is 5.69 Å². The summed E-state index contributed by atoms with van der Waals surface area (Å²) in [6.07, 6.45) is 6.65. The van der Waals surface area contributed by atoms with Crippen LogP contribution in [0.5, 0.6) is 0 Å². The fourth-order valence-corrected chi connectivity index (χ4v) is 2.47. The molecule has 0 aromatic heterocycles. The first-order valence-corrected chi connectivity index (χ1v) is 6.83. The second kappa shape index (κ2) is 6.06. The average molecular weight is 233 g/mol. The molecule has 0 saturated heterocycles. The average Bonchev–Trinajstić information content (AvgIpc) is 2.74. The Morgan fingerprint density at radius 1 is 1.24 bits per heavy atom. The van der Waals surface area contributed by atoms with E-state index in [2.05, 4.69) is 36.5 Å². The van der Waals surface area contributed by atoms with Gasteiger partial charge in [-0.25, -0.2) is 0 Å². The summed E-state index contributed by atoms with van der Waals surface area (Å²) in [5, 5.41) is 13.2. The zero-order valence-electron chi connectivity index (χ0n) is 10.7. The molecule has 1 aromatic carbocycles. The number of aliphatic hydroxyl groups is 1. The molecule has 0 spiro atoms. The highest BCUT2D eigenvalue weighted by molar-refractivity contribution is 5.45. The molecule has 2 rings (SSSR count). The van der Waals surface area contributed by atoms with E-state index in [4.69, 9.17) is 0 Å². The molecule has 1 aliphatic carbocycles. The standard InChI is InChI=1S/C15H23NO/c1-2-3-5-12-8-10-13(11-9-12)16-14-6-4-7-15(14)17/h8-11,14-17H,2-7H2,1H3. The molecule has 2 atom stereocenters. The maximum Gasteiger partial charge on any atom is 0.0741 e. The summed E-state index contributed by atoms with van der Waals surface area (Å²) in [5.74, 6) is 0. The van der Waals surface area contributed by atoms with Gasteiger partial charge in [0.05, 0.1) is 12.1 Å². The van der Waals surface area contributed by atoms with Crippen molar-refractivity contribution >= 4 is 5.69 Å². The van der Waals surface area contributed by atoms with Gasteiger partial charge in [-0.1, -0.05) is 25.5 Å². The summed E-state index contributed by atoms with van der Waals surface area (Å²) in [6.45, 7) is 2.22. The molecule has 0 heterocycles. The molecule has 0 bridgehead atoms. The number of hydrogen-bond acceptors (Lipinski definition) is 2. The highest BCUT2D eigenvalue weighted by Gasteiger charge is 2.24. The largest absolute Gasteiger partial charge is 0.391 e. The number of rotatable bonds is 5. The van der Waals surface area contributed by atoms with E-state index in [0.717, 1.165) is 24.9 Å². The van der Waals surface area contributed by atoms with Crippen molar-refractivity contribution < 1.29 is 5.11 Å². The molecule has 2 nitrogen and oxygen atoms in total. The molecular formula is C15H23NO. The summed E-state index contributed by atoms with van der Waals surface area (Å²) in [7, 11) is 0. The van der Waals surface area contributed by atoms with Crippen LogP contribution in [0.3, 0.4) is 0 Å². The number of unbranched alkanes of at least 4 members (excludes halogenated alkanes) is 1. The molecule has 2 heteroatoms. The molecule has 94 valence electrons. The van der Waals surface area contributed by atoms with Crippen LogP contribution in [0.15, 0.2) is 24.3 Å². The minimum absolute atomic E-state index is 0.172. The molecule has 0 aliphatic heterocycles. The van der Waals surface area contributed by atoms with Crippen LogP contribution in [0.2, 0.25) is 0 Å². The van der Waals surface area contributed by atoms with Gasteiger partial charge in [-0.15, -0.1) is 0 Å². The third-order valence-electron chi connectivity index (χ3n) is 3.60. The zero-order chi connectivity index (χ0) is 12.1. The Kier molecular flexibility index (Phi) is 4.43. The highest BCUT2D eigenvalue weighted by atomic mass is 16.3. The lowest BCUT2D eigenvalue weighted by Gasteiger charge is -2.17. The van der Waals surface area contributed by atoms with Gasteiger partial charge < -0.3 is 10.4 Å². The van der Waals surface area contributed by atoms with Crippen LogP contribution < -0.4 is 5.32 Å². The Bertz CT molecular complexity index is 333. The number of aliphatic hydroxyl groups excluding tert-OH is 1. The van der Waals surface area contributed by atoms with Crippen LogP contribution in [0.25, 0.3) is 0 Å². The molecular weight excluding hydrogens is 210 g/mol. The monoisotopic (exact) mass is 233 g/mol. The van der Waals surface area contributed by atoms with Gasteiger partial charge in [0.1, 0.15) is 0 Å². The first-order chi connectivity index (χ1) is 8.29. The second-order valence-corrected chi connectivity index (χ2v) is 5.05. The Balaban J connectivity index is 1.89. The van der Waals surface area contributed by atoms with E-state index in [0.29, 0.717) is 0 Å². The number of benzene rings is 1. The maximum atomic E-state index is 9.76. The second-order valence-electron chi connectivity index (χ2n) is 5.05. The normalized spacial score (nSPS) is 23.9. The zero-order valence-corrected chi connectivity index (χ0v) is 10.7. The molecule has 1 fully saturated rings. The molecule has 2 N–H and O–H groups in total. The van der Waals surface area contributed by atoms with Crippen molar-refractivity contribution in [3.63, 3.8) is 0 Å². The molecule has 17 heavy (non-hydrogen) atoms. The molecule has 0 amide bonds. The van der Waals surface area contributed by atoms with Crippen molar-refractivity contribution in [1.29, 1.82) is 0 Å². The van der Waals surface area contributed by atoms with Crippen LogP contribution in [0, 0.1) is 0 Å². The van der Waals surface area contributed by atoms with E-state index in [1.54, 1.807) is 0 Å². The van der Waals surface area contributed by atoms with E-state index in [1.165, 1.54) is 24.8 Å². The van der Waals surface area contributed by atoms with Crippen molar-refractivity contribution in [2.75, 3.05) is 5.32 Å². The molecule has 0 radical (unpaired) electrons. The van der Waals surface area contributed by atoms with Crippen LogP contribution in [-0.4, -0.2) is 17.3 Å². The summed E-state index contributed by atoms with van der Waals surface area (Å²) in [6, 6.07) is 8.90. The van der Waals surface area contributed by atoms with Gasteiger partial charge in [0.15, 0.2) is 0 Å². The van der Waals surface area contributed by atoms with E-state index in [-0.39, 0.29) is 12.1 Å². The Labute approximate surface area is 104 Å². The van der Waals surface area contributed by atoms with Gasteiger partial charge in [-0.3, -0.25) is 0 Å². The predicted molar refractivity (Wildman–Crippen MR) is 72.3 cm³/mol. The molecule has 1 aliphatic rings. The van der Waals surface area contributed by atoms with Crippen molar-refractivity contribution in [2.24, 2.45) is 0 Å². The minimum Gasteiger partial charge on any atom is -0.391 e. The summed E-state index contributed by atoms with van der Waals surface area (Å²) in [5.41, 5.74) is 2.54. The fraction of sp³-hybridized carbons (Fsp3) is 0.600. The van der Waals surface area contributed by atoms with E-state index in [1.807, 2.05) is 0 Å². The van der Waals surface area contributed by atoms with E-state index in [9.17, 15) is 5.11 Å². The summed E-state index contributed by atoms with van der Waals surface area (Å²) >= 11 is 0. The van der Waals surface area contributed by atoms with Crippen molar-refractivity contribution in [1.82, 2.24) is 0 Å². The van der Waals surface area contributed by atoms with Gasteiger partial charge in [0.25, 0.3) is 0 Å². The highest BCUT2D eigenvalue weighted by Crippen LogP contribution is 2.23.